The summed E-state index contributed by atoms with van der Waals surface area (Å²) in [6.45, 7) is 1.15. The highest BCUT2D eigenvalue weighted by atomic mass is 79.9. The van der Waals surface area contributed by atoms with Gasteiger partial charge in [-0.2, -0.15) is 0 Å². The maximum absolute atomic E-state index is 14.1. The second-order valence-electron chi connectivity index (χ2n) is 12.0. The van der Waals surface area contributed by atoms with E-state index in [9.17, 15) is 18.0 Å². The Kier molecular flexibility index (Phi) is 11.6. The number of halogens is 1. The van der Waals surface area contributed by atoms with E-state index in [0.29, 0.717) is 36.8 Å². The number of sulfonamides is 1. The summed E-state index contributed by atoms with van der Waals surface area (Å²) in [5.41, 5.74) is 2.29. The number of anilines is 1. The molecule has 11 heteroatoms. The standard InChI is InChI=1S/C35H42BrN3O6S/c1-46(42,43)39(30-17-18-32-33(24-30)45-21-20-44-32)19-9-16-34(40)38(25-27-12-8-13-28(36)22-27)31(23-26-10-4-2-5-11-26)35(41)37-29-14-6-3-7-15-29/h2,4-5,8,10-13,17-18,22,24,29,31H,3,6-7,9,14-16,19-21,23,25H2,1H3,(H,37,41). The number of carbonyl (C=O) groups excluding carboxylic acids is 2. The van der Waals surface area contributed by atoms with Gasteiger partial charge in [0.2, 0.25) is 21.8 Å². The van der Waals surface area contributed by atoms with Gasteiger partial charge in [-0.05, 0) is 54.7 Å². The molecule has 46 heavy (non-hydrogen) atoms. The lowest BCUT2D eigenvalue weighted by atomic mass is 9.94. The van der Waals surface area contributed by atoms with Crippen molar-refractivity contribution in [1.82, 2.24) is 10.2 Å². The Morgan fingerprint density at radius 3 is 2.35 bits per heavy atom. The Bertz CT molecular complexity index is 1600. The number of benzene rings is 3. The van der Waals surface area contributed by atoms with Crippen molar-refractivity contribution >= 4 is 43.5 Å². The zero-order valence-electron chi connectivity index (χ0n) is 26.2. The molecule has 0 saturated heterocycles. The number of carbonyl (C=O) groups is 2. The topological polar surface area (TPSA) is 105 Å². The van der Waals surface area contributed by atoms with Crippen LogP contribution in [-0.2, 0) is 32.6 Å². The second-order valence-corrected chi connectivity index (χ2v) is 14.8. The molecule has 1 aliphatic carbocycles. The van der Waals surface area contributed by atoms with Crippen molar-refractivity contribution < 1.29 is 27.5 Å². The fourth-order valence-corrected chi connectivity index (χ4v) is 7.53. The Labute approximate surface area is 280 Å². The van der Waals surface area contributed by atoms with E-state index in [1.165, 1.54) is 10.7 Å². The average Bonchev–Trinajstić information content (AvgIpc) is 3.05. The normalized spacial score (nSPS) is 15.5. The van der Waals surface area contributed by atoms with E-state index in [-0.39, 0.29) is 43.8 Å². The van der Waals surface area contributed by atoms with E-state index in [0.717, 1.165) is 47.5 Å². The molecule has 1 aliphatic heterocycles. The lowest BCUT2D eigenvalue weighted by molar-refractivity contribution is -0.141. The highest BCUT2D eigenvalue weighted by Gasteiger charge is 2.32. The van der Waals surface area contributed by atoms with Crippen molar-refractivity contribution in [2.24, 2.45) is 0 Å². The van der Waals surface area contributed by atoms with Crippen LogP contribution in [0.1, 0.15) is 56.1 Å². The van der Waals surface area contributed by atoms with Gasteiger partial charge in [-0.3, -0.25) is 13.9 Å². The first-order valence-corrected chi connectivity index (χ1v) is 18.6. The third-order valence-electron chi connectivity index (χ3n) is 8.43. The zero-order chi connectivity index (χ0) is 32.5. The first kappa shape index (κ1) is 33.8. The molecule has 0 aromatic heterocycles. The van der Waals surface area contributed by atoms with E-state index < -0.39 is 16.1 Å². The number of fused-ring (bicyclic) bond motifs is 1. The SMILES string of the molecule is CS(=O)(=O)N(CCCC(=O)N(Cc1cccc(Br)c1)C(Cc1ccccc1)C(=O)NC1CCCCC1)c1ccc2c(c1)OCCO2. The van der Waals surface area contributed by atoms with Gasteiger partial charge in [0, 0.05) is 42.5 Å². The second kappa shape index (κ2) is 15.8. The van der Waals surface area contributed by atoms with Gasteiger partial charge in [-0.15, -0.1) is 0 Å². The number of hydrogen-bond donors (Lipinski definition) is 1. The van der Waals surface area contributed by atoms with Gasteiger partial charge in [0.15, 0.2) is 11.5 Å². The summed E-state index contributed by atoms with van der Waals surface area (Å²) in [7, 11) is -3.66. The van der Waals surface area contributed by atoms with E-state index >= 15 is 0 Å². The van der Waals surface area contributed by atoms with Crippen LogP contribution in [0.4, 0.5) is 5.69 Å². The third kappa shape index (κ3) is 9.25. The fourth-order valence-electron chi connectivity index (χ4n) is 6.12. The summed E-state index contributed by atoms with van der Waals surface area (Å²) in [6, 6.07) is 21.9. The third-order valence-corrected chi connectivity index (χ3v) is 10.1. The quantitative estimate of drug-likeness (QED) is 0.238. The largest absolute Gasteiger partial charge is 0.486 e. The molecule has 2 aliphatic rings. The highest BCUT2D eigenvalue weighted by molar-refractivity contribution is 9.10. The Hall–Kier alpha value is -3.57. The molecule has 0 radical (unpaired) electrons. The van der Waals surface area contributed by atoms with Gasteiger partial charge in [0.05, 0.1) is 11.9 Å². The van der Waals surface area contributed by atoms with Crippen LogP contribution in [0.3, 0.4) is 0 Å². The van der Waals surface area contributed by atoms with Crippen molar-refractivity contribution in [1.29, 1.82) is 0 Å². The van der Waals surface area contributed by atoms with E-state index in [2.05, 4.69) is 21.2 Å². The molecule has 0 spiro atoms. The molecule has 5 rings (SSSR count). The van der Waals surface area contributed by atoms with Gasteiger partial charge in [-0.25, -0.2) is 8.42 Å². The highest BCUT2D eigenvalue weighted by Crippen LogP contribution is 2.35. The van der Waals surface area contributed by atoms with Crippen LogP contribution in [0.5, 0.6) is 11.5 Å². The molecule has 1 atom stereocenters. The number of ether oxygens (including phenoxy) is 2. The van der Waals surface area contributed by atoms with Crippen LogP contribution in [0.2, 0.25) is 0 Å². The van der Waals surface area contributed by atoms with Gasteiger partial charge in [-0.1, -0.05) is 77.7 Å². The average molecular weight is 713 g/mol. The van der Waals surface area contributed by atoms with Crippen molar-refractivity contribution in [2.45, 2.75) is 70.0 Å². The summed E-state index contributed by atoms with van der Waals surface area (Å²) >= 11 is 3.53. The number of hydrogen-bond acceptors (Lipinski definition) is 6. The van der Waals surface area contributed by atoms with Gasteiger partial charge < -0.3 is 19.7 Å². The van der Waals surface area contributed by atoms with Crippen molar-refractivity contribution in [3.8, 4) is 11.5 Å². The molecule has 3 aromatic rings. The number of nitrogens with one attached hydrogen (secondary N) is 1. The van der Waals surface area contributed by atoms with Crippen molar-refractivity contribution in [3.05, 3.63) is 88.4 Å². The Balaban J connectivity index is 1.38. The van der Waals surface area contributed by atoms with Gasteiger partial charge in [0.1, 0.15) is 19.3 Å². The minimum atomic E-state index is -3.66. The van der Waals surface area contributed by atoms with Crippen LogP contribution in [0.25, 0.3) is 0 Å². The first-order valence-electron chi connectivity index (χ1n) is 15.9. The van der Waals surface area contributed by atoms with Crippen LogP contribution in [-0.4, -0.2) is 63.2 Å². The van der Waals surface area contributed by atoms with Gasteiger partial charge >= 0.3 is 0 Å². The molecule has 246 valence electrons. The molecule has 0 bridgehead atoms. The predicted molar refractivity (Wildman–Crippen MR) is 182 cm³/mol. The summed E-state index contributed by atoms with van der Waals surface area (Å²) in [5, 5.41) is 3.26. The molecule has 9 nitrogen and oxygen atoms in total. The molecule has 2 amide bonds. The van der Waals surface area contributed by atoms with E-state index in [4.69, 9.17) is 9.47 Å². The summed E-state index contributed by atoms with van der Waals surface area (Å²) in [5.74, 6) is 0.683. The Morgan fingerprint density at radius 2 is 1.63 bits per heavy atom. The van der Waals surface area contributed by atoms with Crippen LogP contribution >= 0.6 is 15.9 Å². The lowest BCUT2D eigenvalue weighted by Gasteiger charge is -2.34. The van der Waals surface area contributed by atoms with Crippen molar-refractivity contribution in [3.63, 3.8) is 0 Å². The molecule has 1 N–H and O–H groups in total. The summed E-state index contributed by atoms with van der Waals surface area (Å²) in [4.78, 5) is 29.8. The molecule has 1 heterocycles. The molecule has 1 fully saturated rings. The number of rotatable bonds is 13. The number of nitrogens with zero attached hydrogens (tertiary/aromatic N) is 2. The predicted octanol–water partition coefficient (Wildman–Crippen LogP) is 5.86. The number of amides is 2. The summed E-state index contributed by atoms with van der Waals surface area (Å²) < 4.78 is 39.2. The smallest absolute Gasteiger partial charge is 0.243 e. The van der Waals surface area contributed by atoms with E-state index in [1.54, 1.807) is 23.1 Å². The van der Waals surface area contributed by atoms with Crippen LogP contribution in [0, 0.1) is 0 Å². The monoisotopic (exact) mass is 711 g/mol. The maximum Gasteiger partial charge on any atom is 0.243 e. The van der Waals surface area contributed by atoms with Gasteiger partial charge in [0.25, 0.3) is 0 Å². The first-order chi connectivity index (χ1) is 22.2. The van der Waals surface area contributed by atoms with Crippen LogP contribution in [0.15, 0.2) is 77.3 Å². The fraction of sp³-hybridized carbons (Fsp3) is 0.429. The molecular weight excluding hydrogens is 670 g/mol. The summed E-state index contributed by atoms with van der Waals surface area (Å²) in [6.07, 6.45) is 7.04. The molecule has 1 saturated carbocycles. The Morgan fingerprint density at radius 1 is 0.913 bits per heavy atom. The molecule has 3 aromatic carbocycles. The maximum atomic E-state index is 14.1. The van der Waals surface area contributed by atoms with E-state index in [1.807, 2.05) is 54.6 Å². The van der Waals surface area contributed by atoms with Crippen LogP contribution < -0.4 is 19.1 Å². The van der Waals surface area contributed by atoms with Crippen molar-refractivity contribution in [2.75, 3.05) is 30.3 Å². The molecule has 1 unspecified atom stereocenters. The lowest BCUT2D eigenvalue weighted by Crippen LogP contribution is -2.52. The zero-order valence-corrected chi connectivity index (χ0v) is 28.6. The molecular formula is C35H42BrN3O6S. The minimum Gasteiger partial charge on any atom is -0.486 e. The minimum absolute atomic E-state index is 0.0621.